The third kappa shape index (κ3) is 6.60. The lowest BCUT2D eigenvalue weighted by Gasteiger charge is -2.28. The van der Waals surface area contributed by atoms with Crippen molar-refractivity contribution in [3.05, 3.63) is 91.5 Å². The average molecular weight is 467 g/mol. The van der Waals surface area contributed by atoms with Crippen LogP contribution in [-0.2, 0) is 14.8 Å². The summed E-state index contributed by atoms with van der Waals surface area (Å²) >= 11 is 0. The lowest BCUT2D eigenvalue weighted by Crippen LogP contribution is -2.45. The number of anilines is 2. The largest absolute Gasteiger partial charge is 0.489 e. The predicted molar refractivity (Wildman–Crippen MR) is 131 cm³/mol. The molecule has 0 fully saturated rings. The van der Waals surface area contributed by atoms with E-state index in [4.69, 9.17) is 9.47 Å². The first kappa shape index (κ1) is 23.9. The van der Waals surface area contributed by atoms with Crippen molar-refractivity contribution in [2.75, 3.05) is 22.5 Å². The van der Waals surface area contributed by atoms with E-state index in [0.717, 1.165) is 10.6 Å². The third-order valence-electron chi connectivity index (χ3n) is 4.63. The number of nitrogens with one attached hydrogen (secondary N) is 1. The topological polar surface area (TPSA) is 84.9 Å². The molecule has 0 bridgehead atoms. The van der Waals surface area contributed by atoms with Gasteiger partial charge in [0, 0.05) is 11.8 Å². The van der Waals surface area contributed by atoms with Gasteiger partial charge in [0.05, 0.1) is 11.9 Å². The van der Waals surface area contributed by atoms with Gasteiger partial charge in [0.15, 0.2) is 0 Å². The van der Waals surface area contributed by atoms with Gasteiger partial charge in [0.1, 0.15) is 29.9 Å². The SMILES string of the molecule is C=CCOc1cccc(NC(=O)[C@@H](C)N(c2ccc(Oc3ccccc3)cc2)S(C)(=O)=O)c1. The number of hydrogen-bond donors (Lipinski definition) is 1. The Balaban J connectivity index is 1.77. The number of carbonyl (C=O) groups excluding carboxylic acids is 1. The molecule has 0 aliphatic carbocycles. The number of ether oxygens (including phenoxy) is 2. The van der Waals surface area contributed by atoms with Gasteiger partial charge in [0.2, 0.25) is 15.9 Å². The number of para-hydroxylation sites is 1. The second-order valence-corrected chi connectivity index (χ2v) is 9.12. The van der Waals surface area contributed by atoms with E-state index >= 15 is 0 Å². The fourth-order valence-corrected chi connectivity index (χ4v) is 4.33. The summed E-state index contributed by atoms with van der Waals surface area (Å²) in [5.74, 6) is 1.30. The van der Waals surface area contributed by atoms with Crippen LogP contribution < -0.4 is 19.1 Å². The van der Waals surface area contributed by atoms with Gasteiger partial charge in [0.25, 0.3) is 0 Å². The summed E-state index contributed by atoms with van der Waals surface area (Å²) in [6.45, 7) is 5.47. The van der Waals surface area contributed by atoms with Crippen molar-refractivity contribution in [2.45, 2.75) is 13.0 Å². The molecule has 8 heteroatoms. The van der Waals surface area contributed by atoms with E-state index in [2.05, 4.69) is 11.9 Å². The molecule has 1 atom stereocenters. The van der Waals surface area contributed by atoms with Gasteiger partial charge in [-0.05, 0) is 55.5 Å². The molecule has 3 aromatic rings. The van der Waals surface area contributed by atoms with E-state index in [1.54, 1.807) is 54.6 Å². The fourth-order valence-electron chi connectivity index (χ4n) is 3.16. The monoisotopic (exact) mass is 466 g/mol. The van der Waals surface area contributed by atoms with Gasteiger partial charge in [-0.15, -0.1) is 0 Å². The Labute approximate surface area is 194 Å². The third-order valence-corrected chi connectivity index (χ3v) is 5.87. The van der Waals surface area contributed by atoms with Gasteiger partial charge >= 0.3 is 0 Å². The highest BCUT2D eigenvalue weighted by Gasteiger charge is 2.29. The molecule has 7 nitrogen and oxygen atoms in total. The van der Waals surface area contributed by atoms with Crippen LogP contribution in [0.25, 0.3) is 0 Å². The molecule has 0 spiro atoms. The summed E-state index contributed by atoms with van der Waals surface area (Å²) in [6.07, 6.45) is 2.68. The Kier molecular flexibility index (Phi) is 7.74. The second-order valence-electron chi connectivity index (χ2n) is 7.26. The van der Waals surface area contributed by atoms with Crippen LogP contribution in [0, 0.1) is 0 Å². The van der Waals surface area contributed by atoms with Crippen LogP contribution in [-0.4, -0.2) is 33.2 Å². The van der Waals surface area contributed by atoms with Gasteiger partial charge in [-0.3, -0.25) is 9.10 Å². The standard InChI is InChI=1S/C25H26N2O5S/c1-4-17-31-24-12-8-9-20(18-24)26-25(28)19(2)27(33(3,29)30)21-13-15-23(16-14-21)32-22-10-6-5-7-11-22/h4-16,18-19H,1,17H2,2-3H3,(H,26,28)/t19-/m1/s1. The van der Waals surface area contributed by atoms with Gasteiger partial charge in [-0.25, -0.2) is 8.42 Å². The highest BCUT2D eigenvalue weighted by Crippen LogP contribution is 2.27. The van der Waals surface area contributed by atoms with E-state index in [1.807, 2.05) is 30.3 Å². The zero-order chi connectivity index (χ0) is 23.8. The van der Waals surface area contributed by atoms with E-state index in [9.17, 15) is 13.2 Å². The number of hydrogen-bond acceptors (Lipinski definition) is 5. The molecule has 1 amide bonds. The molecule has 0 saturated heterocycles. The molecular weight excluding hydrogens is 440 g/mol. The molecule has 33 heavy (non-hydrogen) atoms. The van der Waals surface area contributed by atoms with Crippen LogP contribution in [0.1, 0.15) is 6.92 Å². The van der Waals surface area contributed by atoms with Crippen molar-refractivity contribution in [2.24, 2.45) is 0 Å². The first-order valence-electron chi connectivity index (χ1n) is 10.2. The van der Waals surface area contributed by atoms with Crippen LogP contribution in [0.3, 0.4) is 0 Å². The van der Waals surface area contributed by atoms with Gasteiger partial charge in [-0.1, -0.05) is 36.9 Å². The smallest absolute Gasteiger partial charge is 0.247 e. The Bertz CT molecular complexity index is 1190. The summed E-state index contributed by atoms with van der Waals surface area (Å²) < 4.78 is 37.4. The van der Waals surface area contributed by atoms with Crippen molar-refractivity contribution in [1.29, 1.82) is 0 Å². The Morgan fingerprint density at radius 1 is 1.00 bits per heavy atom. The molecule has 0 saturated carbocycles. The van der Waals surface area contributed by atoms with Crippen molar-refractivity contribution >= 4 is 27.3 Å². The molecule has 1 N–H and O–H groups in total. The molecule has 0 heterocycles. The highest BCUT2D eigenvalue weighted by atomic mass is 32.2. The van der Waals surface area contributed by atoms with Gasteiger partial charge in [-0.2, -0.15) is 0 Å². The summed E-state index contributed by atoms with van der Waals surface area (Å²) in [4.78, 5) is 12.9. The van der Waals surface area contributed by atoms with Crippen LogP contribution >= 0.6 is 0 Å². The zero-order valence-electron chi connectivity index (χ0n) is 18.5. The quantitative estimate of drug-likeness (QED) is 0.432. The summed E-state index contributed by atoms with van der Waals surface area (Å²) in [5.41, 5.74) is 0.845. The minimum Gasteiger partial charge on any atom is -0.489 e. The normalized spacial score (nSPS) is 11.8. The highest BCUT2D eigenvalue weighted by molar-refractivity contribution is 7.92. The number of rotatable bonds is 10. The predicted octanol–water partition coefficient (Wildman–Crippen LogP) is 4.84. The minimum absolute atomic E-state index is 0.333. The number of amides is 1. The lowest BCUT2D eigenvalue weighted by molar-refractivity contribution is -0.116. The second kappa shape index (κ2) is 10.7. The van der Waals surface area contributed by atoms with Crippen LogP contribution in [0.2, 0.25) is 0 Å². The van der Waals surface area contributed by atoms with E-state index in [-0.39, 0.29) is 0 Å². The Hall–Kier alpha value is -3.78. The van der Waals surface area contributed by atoms with Crippen molar-refractivity contribution < 1.29 is 22.7 Å². The maximum absolute atomic E-state index is 12.9. The van der Waals surface area contributed by atoms with Crippen molar-refractivity contribution in [1.82, 2.24) is 0 Å². The first-order valence-corrected chi connectivity index (χ1v) is 12.1. The molecule has 0 radical (unpaired) electrons. The minimum atomic E-state index is -3.75. The molecule has 3 rings (SSSR count). The van der Waals surface area contributed by atoms with E-state index < -0.39 is 22.0 Å². The van der Waals surface area contributed by atoms with E-state index in [0.29, 0.717) is 35.2 Å². The summed E-state index contributed by atoms with van der Waals surface area (Å²) in [7, 11) is -3.75. The first-order chi connectivity index (χ1) is 15.8. The van der Waals surface area contributed by atoms with Crippen molar-refractivity contribution in [3.8, 4) is 17.2 Å². The van der Waals surface area contributed by atoms with Crippen LogP contribution in [0.15, 0.2) is 91.5 Å². The summed E-state index contributed by atoms with van der Waals surface area (Å²) in [6, 6.07) is 21.6. The maximum Gasteiger partial charge on any atom is 0.247 e. The van der Waals surface area contributed by atoms with Crippen LogP contribution in [0.4, 0.5) is 11.4 Å². The van der Waals surface area contributed by atoms with Crippen LogP contribution in [0.5, 0.6) is 17.2 Å². The molecule has 0 aliphatic heterocycles. The van der Waals surface area contributed by atoms with Gasteiger partial charge < -0.3 is 14.8 Å². The Morgan fingerprint density at radius 2 is 1.64 bits per heavy atom. The summed E-state index contributed by atoms with van der Waals surface area (Å²) in [5, 5.41) is 2.75. The molecule has 0 unspecified atom stereocenters. The molecule has 0 aromatic heterocycles. The Morgan fingerprint density at radius 3 is 2.27 bits per heavy atom. The molecule has 3 aromatic carbocycles. The number of carbonyl (C=O) groups is 1. The molecule has 0 aliphatic rings. The average Bonchev–Trinajstić information content (AvgIpc) is 2.79. The lowest BCUT2D eigenvalue weighted by atomic mass is 10.2. The zero-order valence-corrected chi connectivity index (χ0v) is 19.3. The fraction of sp³-hybridized carbons (Fsp3) is 0.160. The number of nitrogens with zero attached hydrogens (tertiary/aromatic N) is 1. The maximum atomic E-state index is 12.9. The number of benzene rings is 3. The molecular formula is C25H26N2O5S. The number of sulfonamides is 1. The van der Waals surface area contributed by atoms with E-state index in [1.165, 1.54) is 6.92 Å². The van der Waals surface area contributed by atoms with Crippen molar-refractivity contribution in [3.63, 3.8) is 0 Å². The molecule has 172 valence electrons.